The fraction of sp³-hybridized carbons (Fsp3) is 0.462. The zero-order valence-electron chi connectivity index (χ0n) is 9.99. The van der Waals surface area contributed by atoms with Gasteiger partial charge in [0.1, 0.15) is 12.6 Å². The van der Waals surface area contributed by atoms with Crippen LogP contribution in [0.25, 0.3) is 0 Å². The van der Waals surface area contributed by atoms with Crippen LogP contribution in [0.2, 0.25) is 5.02 Å². The molecular formula is C13H18ClNO2. The molecular weight excluding hydrogens is 238 g/mol. The average molecular weight is 256 g/mol. The van der Waals surface area contributed by atoms with Crippen LogP contribution < -0.4 is 5.73 Å². The Balaban J connectivity index is 2.34. The highest BCUT2D eigenvalue weighted by molar-refractivity contribution is 6.30. The SMILES string of the molecule is CCCCC(N)C(=O)OCc1ccc(Cl)cc1. The predicted molar refractivity (Wildman–Crippen MR) is 68.7 cm³/mol. The molecule has 0 radical (unpaired) electrons. The molecule has 0 saturated heterocycles. The molecule has 0 aliphatic rings. The lowest BCUT2D eigenvalue weighted by Crippen LogP contribution is -2.32. The van der Waals surface area contributed by atoms with E-state index in [1.54, 1.807) is 12.1 Å². The van der Waals surface area contributed by atoms with Crippen molar-refractivity contribution in [3.8, 4) is 0 Å². The number of hydrogen-bond donors (Lipinski definition) is 1. The number of rotatable bonds is 6. The quantitative estimate of drug-likeness (QED) is 0.796. The minimum absolute atomic E-state index is 0.246. The topological polar surface area (TPSA) is 52.3 Å². The number of carbonyl (C=O) groups excluding carboxylic acids is 1. The molecule has 0 aliphatic heterocycles. The molecule has 0 heterocycles. The van der Waals surface area contributed by atoms with E-state index in [1.165, 1.54) is 0 Å². The number of nitrogens with two attached hydrogens (primary N) is 1. The number of halogens is 1. The highest BCUT2D eigenvalue weighted by atomic mass is 35.5. The van der Waals surface area contributed by atoms with E-state index in [0.29, 0.717) is 11.4 Å². The summed E-state index contributed by atoms with van der Waals surface area (Å²) in [5, 5.41) is 0.666. The molecule has 2 N–H and O–H groups in total. The van der Waals surface area contributed by atoms with Gasteiger partial charge in [-0.3, -0.25) is 4.79 Å². The zero-order chi connectivity index (χ0) is 12.7. The molecule has 0 spiro atoms. The molecule has 0 aliphatic carbocycles. The second-order valence-electron chi connectivity index (χ2n) is 3.98. The van der Waals surface area contributed by atoms with Crippen LogP contribution in [-0.2, 0) is 16.1 Å². The number of esters is 1. The van der Waals surface area contributed by atoms with E-state index in [0.717, 1.165) is 18.4 Å². The van der Waals surface area contributed by atoms with Crippen LogP contribution >= 0.6 is 11.6 Å². The van der Waals surface area contributed by atoms with Gasteiger partial charge in [-0.05, 0) is 24.1 Å². The first-order chi connectivity index (χ1) is 8.13. The lowest BCUT2D eigenvalue weighted by atomic mass is 10.1. The largest absolute Gasteiger partial charge is 0.460 e. The highest BCUT2D eigenvalue weighted by Gasteiger charge is 2.14. The summed E-state index contributed by atoms with van der Waals surface area (Å²) < 4.78 is 5.12. The fourth-order valence-corrected chi connectivity index (χ4v) is 1.51. The molecule has 0 amide bonds. The summed E-state index contributed by atoms with van der Waals surface area (Å²) in [5.74, 6) is -0.339. The Kier molecular flexibility index (Phi) is 6.01. The van der Waals surface area contributed by atoms with Crippen molar-refractivity contribution in [2.24, 2.45) is 5.73 Å². The van der Waals surface area contributed by atoms with Gasteiger partial charge in [0.15, 0.2) is 0 Å². The van der Waals surface area contributed by atoms with Crippen LogP contribution in [0.1, 0.15) is 31.7 Å². The standard InChI is InChI=1S/C13H18ClNO2/c1-2-3-4-12(15)13(16)17-9-10-5-7-11(14)8-6-10/h5-8,12H,2-4,9,15H2,1H3. The summed E-state index contributed by atoms with van der Waals surface area (Å²) in [5.41, 5.74) is 6.60. The van der Waals surface area contributed by atoms with Crippen LogP contribution in [0.4, 0.5) is 0 Å². The van der Waals surface area contributed by atoms with Crippen LogP contribution in [0.5, 0.6) is 0 Å². The Morgan fingerprint density at radius 1 is 1.41 bits per heavy atom. The van der Waals surface area contributed by atoms with Crippen molar-refractivity contribution < 1.29 is 9.53 Å². The summed E-state index contributed by atoms with van der Waals surface area (Å²) in [6.45, 7) is 2.31. The van der Waals surface area contributed by atoms with Crippen LogP contribution in [-0.4, -0.2) is 12.0 Å². The first-order valence-corrected chi connectivity index (χ1v) is 6.18. The van der Waals surface area contributed by atoms with E-state index in [4.69, 9.17) is 22.1 Å². The molecule has 4 heteroatoms. The molecule has 17 heavy (non-hydrogen) atoms. The van der Waals surface area contributed by atoms with Gasteiger partial charge in [-0.2, -0.15) is 0 Å². The van der Waals surface area contributed by atoms with E-state index in [2.05, 4.69) is 6.92 Å². The molecule has 1 atom stereocenters. The Morgan fingerprint density at radius 2 is 2.06 bits per heavy atom. The maximum absolute atomic E-state index is 11.5. The molecule has 1 unspecified atom stereocenters. The number of unbranched alkanes of at least 4 members (excludes halogenated alkanes) is 1. The van der Waals surface area contributed by atoms with E-state index in [9.17, 15) is 4.79 Å². The molecule has 0 aromatic heterocycles. The summed E-state index contributed by atoms with van der Waals surface area (Å²) in [6, 6.07) is 6.67. The van der Waals surface area contributed by atoms with Gasteiger partial charge in [0.25, 0.3) is 0 Å². The lowest BCUT2D eigenvalue weighted by molar-refractivity contribution is -0.146. The molecule has 3 nitrogen and oxygen atoms in total. The highest BCUT2D eigenvalue weighted by Crippen LogP contribution is 2.10. The number of carbonyl (C=O) groups is 1. The first kappa shape index (κ1) is 14.0. The third-order valence-corrected chi connectivity index (χ3v) is 2.72. The minimum atomic E-state index is -0.512. The molecule has 1 rings (SSSR count). The van der Waals surface area contributed by atoms with Crippen LogP contribution in [0, 0.1) is 0 Å². The molecule has 0 bridgehead atoms. The third-order valence-electron chi connectivity index (χ3n) is 2.47. The van der Waals surface area contributed by atoms with Crippen LogP contribution in [0.15, 0.2) is 24.3 Å². The fourth-order valence-electron chi connectivity index (χ4n) is 1.38. The molecule has 1 aromatic carbocycles. The van der Waals surface area contributed by atoms with Crippen molar-refractivity contribution in [3.05, 3.63) is 34.9 Å². The Labute approximate surface area is 107 Å². The monoisotopic (exact) mass is 255 g/mol. The summed E-state index contributed by atoms with van der Waals surface area (Å²) in [4.78, 5) is 11.5. The van der Waals surface area contributed by atoms with Crippen molar-refractivity contribution in [2.45, 2.75) is 38.8 Å². The smallest absolute Gasteiger partial charge is 0.323 e. The van der Waals surface area contributed by atoms with Crippen LogP contribution in [0.3, 0.4) is 0 Å². The van der Waals surface area contributed by atoms with Gasteiger partial charge >= 0.3 is 5.97 Å². The molecule has 0 saturated carbocycles. The zero-order valence-corrected chi connectivity index (χ0v) is 10.7. The van der Waals surface area contributed by atoms with Crippen molar-refractivity contribution in [3.63, 3.8) is 0 Å². The molecule has 1 aromatic rings. The maximum Gasteiger partial charge on any atom is 0.323 e. The number of ether oxygens (including phenoxy) is 1. The van der Waals surface area contributed by atoms with Gasteiger partial charge in [-0.15, -0.1) is 0 Å². The lowest BCUT2D eigenvalue weighted by Gasteiger charge is -2.10. The van der Waals surface area contributed by atoms with Gasteiger partial charge in [0, 0.05) is 5.02 Å². The van der Waals surface area contributed by atoms with Crippen molar-refractivity contribution in [1.29, 1.82) is 0 Å². The Morgan fingerprint density at radius 3 is 2.65 bits per heavy atom. The van der Waals surface area contributed by atoms with Gasteiger partial charge in [-0.25, -0.2) is 0 Å². The third kappa shape index (κ3) is 5.20. The second-order valence-corrected chi connectivity index (χ2v) is 4.42. The summed E-state index contributed by atoms with van der Waals surface area (Å²) in [7, 11) is 0. The van der Waals surface area contributed by atoms with Crippen molar-refractivity contribution in [2.75, 3.05) is 0 Å². The normalized spacial score (nSPS) is 12.2. The summed E-state index contributed by atoms with van der Waals surface area (Å²) >= 11 is 5.75. The van der Waals surface area contributed by atoms with E-state index in [1.807, 2.05) is 12.1 Å². The van der Waals surface area contributed by atoms with Crippen molar-refractivity contribution in [1.82, 2.24) is 0 Å². The predicted octanol–water partition coefficient (Wildman–Crippen LogP) is 2.90. The molecule has 0 fully saturated rings. The van der Waals surface area contributed by atoms with Crippen molar-refractivity contribution >= 4 is 17.6 Å². The average Bonchev–Trinajstić information content (AvgIpc) is 2.34. The number of hydrogen-bond acceptors (Lipinski definition) is 3. The van der Waals surface area contributed by atoms with E-state index < -0.39 is 6.04 Å². The Bertz CT molecular complexity index is 351. The van der Waals surface area contributed by atoms with Gasteiger partial charge in [0.05, 0.1) is 0 Å². The van der Waals surface area contributed by atoms with E-state index in [-0.39, 0.29) is 12.6 Å². The molecule has 94 valence electrons. The summed E-state index contributed by atoms with van der Waals surface area (Å²) in [6.07, 6.45) is 2.64. The van der Waals surface area contributed by atoms with Gasteiger partial charge < -0.3 is 10.5 Å². The van der Waals surface area contributed by atoms with Gasteiger partial charge in [-0.1, -0.05) is 43.5 Å². The minimum Gasteiger partial charge on any atom is -0.460 e. The second kappa shape index (κ2) is 7.30. The van der Waals surface area contributed by atoms with Gasteiger partial charge in [0.2, 0.25) is 0 Å². The number of benzene rings is 1. The maximum atomic E-state index is 11.5. The first-order valence-electron chi connectivity index (χ1n) is 5.80. The Hall–Kier alpha value is -1.06. The van der Waals surface area contributed by atoms with E-state index >= 15 is 0 Å².